The summed E-state index contributed by atoms with van der Waals surface area (Å²) >= 11 is 0. The maximum absolute atomic E-state index is 13.4. The average molecular weight is 429 g/mol. The van der Waals surface area contributed by atoms with Gasteiger partial charge in [-0.3, -0.25) is 14.9 Å². The highest BCUT2D eigenvalue weighted by Gasteiger charge is 2.25. The van der Waals surface area contributed by atoms with Gasteiger partial charge in [0.25, 0.3) is 11.6 Å². The van der Waals surface area contributed by atoms with Crippen LogP contribution in [0.15, 0.2) is 72.8 Å². The Bertz CT molecular complexity index is 1280. The van der Waals surface area contributed by atoms with Crippen molar-refractivity contribution in [2.75, 3.05) is 7.11 Å². The number of pyridine rings is 1. The molecule has 8 heteroatoms. The van der Waals surface area contributed by atoms with Gasteiger partial charge in [0.15, 0.2) is 0 Å². The first kappa shape index (κ1) is 20.9. The van der Waals surface area contributed by atoms with Gasteiger partial charge in [-0.25, -0.2) is 9.78 Å². The van der Waals surface area contributed by atoms with Gasteiger partial charge in [0, 0.05) is 29.3 Å². The number of methoxy groups -OCH3 is 1. The molecule has 8 nitrogen and oxygen atoms in total. The van der Waals surface area contributed by atoms with Crippen LogP contribution in [-0.2, 0) is 16.0 Å². The van der Waals surface area contributed by atoms with E-state index in [-0.39, 0.29) is 12.1 Å². The molecule has 1 N–H and O–H groups in total. The van der Waals surface area contributed by atoms with E-state index in [9.17, 15) is 19.7 Å². The minimum Gasteiger partial charge on any atom is -0.467 e. The third-order valence-corrected chi connectivity index (χ3v) is 5.19. The molecule has 0 fully saturated rings. The van der Waals surface area contributed by atoms with Crippen LogP contribution in [0.2, 0.25) is 0 Å². The summed E-state index contributed by atoms with van der Waals surface area (Å²) < 4.78 is 4.88. The molecule has 1 aromatic heterocycles. The van der Waals surface area contributed by atoms with Crippen molar-refractivity contribution >= 4 is 39.4 Å². The number of nitrogens with zero attached hydrogens (tertiary/aromatic N) is 2. The van der Waals surface area contributed by atoms with Crippen LogP contribution in [0.3, 0.4) is 0 Å². The Kier molecular flexibility index (Phi) is 5.76. The maximum atomic E-state index is 13.4. The summed E-state index contributed by atoms with van der Waals surface area (Å²) in [6.07, 6.45) is 0.122. The molecule has 160 valence electrons. The Morgan fingerprint density at radius 1 is 0.969 bits per heavy atom. The van der Waals surface area contributed by atoms with Crippen LogP contribution in [0.25, 0.3) is 21.8 Å². The van der Waals surface area contributed by atoms with Crippen LogP contribution in [0, 0.1) is 10.1 Å². The number of rotatable bonds is 6. The highest BCUT2D eigenvalue weighted by atomic mass is 16.6. The lowest BCUT2D eigenvalue weighted by molar-refractivity contribution is -0.384. The maximum Gasteiger partial charge on any atom is 0.328 e. The van der Waals surface area contributed by atoms with E-state index in [2.05, 4.69) is 10.3 Å². The first-order valence-corrected chi connectivity index (χ1v) is 9.87. The molecule has 0 radical (unpaired) electrons. The quantitative estimate of drug-likeness (QED) is 0.216. The lowest BCUT2D eigenvalue weighted by atomic mass is 10.0. The number of non-ortho nitro benzene ring substituents is 1. The molecule has 3 aromatic carbocycles. The van der Waals surface area contributed by atoms with Crippen molar-refractivity contribution in [3.8, 4) is 0 Å². The summed E-state index contributed by atoms with van der Waals surface area (Å²) in [6.45, 7) is 0. The van der Waals surface area contributed by atoms with Gasteiger partial charge >= 0.3 is 5.97 Å². The normalized spacial score (nSPS) is 11.8. The second-order valence-electron chi connectivity index (χ2n) is 7.20. The molecule has 0 aliphatic carbocycles. The number of amides is 1. The number of aromatic nitrogens is 1. The van der Waals surface area contributed by atoms with Crippen molar-refractivity contribution in [2.45, 2.75) is 12.5 Å². The van der Waals surface area contributed by atoms with Crippen molar-refractivity contribution in [2.24, 2.45) is 0 Å². The Balaban J connectivity index is 1.70. The largest absolute Gasteiger partial charge is 0.467 e. The van der Waals surface area contributed by atoms with E-state index in [0.717, 1.165) is 0 Å². The van der Waals surface area contributed by atoms with Gasteiger partial charge in [0.1, 0.15) is 6.04 Å². The molecule has 1 amide bonds. The lowest BCUT2D eigenvalue weighted by Gasteiger charge is -2.18. The summed E-state index contributed by atoms with van der Waals surface area (Å²) in [5, 5.41) is 15.0. The van der Waals surface area contributed by atoms with Crippen molar-refractivity contribution < 1.29 is 19.2 Å². The van der Waals surface area contributed by atoms with Gasteiger partial charge in [-0.05, 0) is 17.7 Å². The van der Waals surface area contributed by atoms with Gasteiger partial charge in [-0.15, -0.1) is 0 Å². The smallest absolute Gasteiger partial charge is 0.328 e. The monoisotopic (exact) mass is 429 g/mol. The zero-order chi connectivity index (χ0) is 22.7. The molecule has 0 unspecified atom stereocenters. The molecule has 1 atom stereocenters. The van der Waals surface area contributed by atoms with Crippen LogP contribution < -0.4 is 5.32 Å². The molecule has 0 saturated carbocycles. The molecule has 32 heavy (non-hydrogen) atoms. The molecule has 0 saturated heterocycles. The summed E-state index contributed by atoms with van der Waals surface area (Å²) in [5.74, 6) is -1.04. The van der Waals surface area contributed by atoms with E-state index in [1.807, 2.05) is 48.5 Å². The van der Waals surface area contributed by atoms with E-state index >= 15 is 0 Å². The fourth-order valence-electron chi connectivity index (χ4n) is 3.64. The van der Waals surface area contributed by atoms with Gasteiger partial charge in [0.05, 0.1) is 28.6 Å². The number of carbonyl (C=O) groups is 2. The Morgan fingerprint density at radius 2 is 1.53 bits per heavy atom. The van der Waals surface area contributed by atoms with Crippen LogP contribution in [0.5, 0.6) is 0 Å². The third kappa shape index (κ3) is 4.11. The van der Waals surface area contributed by atoms with Crippen molar-refractivity contribution in [1.29, 1.82) is 0 Å². The Hall–Kier alpha value is -4.33. The molecule has 0 bridgehead atoms. The second kappa shape index (κ2) is 8.81. The molecule has 0 aliphatic rings. The fourth-order valence-corrected chi connectivity index (χ4v) is 3.64. The second-order valence-corrected chi connectivity index (χ2v) is 7.20. The molecule has 4 rings (SSSR count). The zero-order valence-corrected chi connectivity index (χ0v) is 17.1. The predicted molar refractivity (Wildman–Crippen MR) is 119 cm³/mol. The van der Waals surface area contributed by atoms with Gasteiger partial charge < -0.3 is 10.1 Å². The number of carbonyl (C=O) groups excluding carboxylic acids is 2. The minimum absolute atomic E-state index is 0.0536. The molecule has 4 aromatic rings. The number of nitrogens with one attached hydrogen (secondary N) is 1. The van der Waals surface area contributed by atoms with Crippen molar-refractivity contribution in [3.63, 3.8) is 0 Å². The van der Waals surface area contributed by atoms with Crippen molar-refractivity contribution in [3.05, 3.63) is 94.0 Å². The molecule has 0 spiro atoms. The van der Waals surface area contributed by atoms with Crippen LogP contribution in [0.1, 0.15) is 15.9 Å². The number of para-hydroxylation sites is 2. The fraction of sp³-hybridized carbons (Fsp3) is 0.125. The lowest BCUT2D eigenvalue weighted by Crippen LogP contribution is -2.43. The number of nitro groups is 1. The Morgan fingerprint density at radius 3 is 2.06 bits per heavy atom. The van der Waals surface area contributed by atoms with Crippen molar-refractivity contribution in [1.82, 2.24) is 10.3 Å². The highest BCUT2D eigenvalue weighted by molar-refractivity contribution is 6.16. The number of nitro benzene ring substituents is 1. The van der Waals surface area contributed by atoms with Gasteiger partial charge in [0.2, 0.25) is 0 Å². The third-order valence-electron chi connectivity index (χ3n) is 5.19. The topological polar surface area (TPSA) is 111 Å². The minimum atomic E-state index is -0.973. The van der Waals surface area contributed by atoms with Crippen LogP contribution >= 0.6 is 0 Å². The average Bonchev–Trinajstić information content (AvgIpc) is 2.81. The first-order chi connectivity index (χ1) is 15.5. The number of fused-ring (bicyclic) bond motifs is 2. The van der Waals surface area contributed by atoms with Crippen LogP contribution in [0.4, 0.5) is 5.69 Å². The predicted octanol–water partition coefficient (Wildman–Crippen LogP) is 3.81. The number of ether oxygens (including phenoxy) is 1. The summed E-state index contributed by atoms with van der Waals surface area (Å²) in [4.78, 5) is 40.8. The summed E-state index contributed by atoms with van der Waals surface area (Å²) in [6, 6.07) is 19.5. The standard InChI is InChI=1S/C24H19N3O5/c1-32-24(29)21(14-15-10-12-16(13-11-15)27(30)31)26-23(28)22-17-6-2-4-8-19(17)25-20-9-5-3-7-18(20)22/h2-13,21H,14H2,1H3,(H,26,28)/t21-/m0/s1. The highest BCUT2D eigenvalue weighted by Crippen LogP contribution is 2.26. The number of hydrogen-bond donors (Lipinski definition) is 1. The molecular weight excluding hydrogens is 410 g/mol. The number of esters is 1. The molecular formula is C24H19N3O5. The molecule has 1 heterocycles. The van der Waals surface area contributed by atoms with E-state index < -0.39 is 22.8 Å². The van der Waals surface area contributed by atoms with E-state index in [4.69, 9.17) is 4.74 Å². The number of hydrogen-bond acceptors (Lipinski definition) is 6. The van der Waals surface area contributed by atoms with E-state index in [1.54, 1.807) is 12.1 Å². The summed E-state index contributed by atoms with van der Waals surface area (Å²) in [5.41, 5.74) is 2.35. The number of benzene rings is 3. The van der Waals surface area contributed by atoms with Gasteiger partial charge in [-0.2, -0.15) is 0 Å². The summed E-state index contributed by atoms with van der Waals surface area (Å²) in [7, 11) is 1.24. The van der Waals surface area contributed by atoms with Crippen LogP contribution in [-0.4, -0.2) is 34.9 Å². The first-order valence-electron chi connectivity index (χ1n) is 9.87. The Labute approximate surface area is 183 Å². The van der Waals surface area contributed by atoms with E-state index in [0.29, 0.717) is 32.9 Å². The molecule has 0 aliphatic heterocycles. The SMILES string of the molecule is COC(=O)[C@H](Cc1ccc([N+](=O)[O-])cc1)NC(=O)c1c2ccccc2nc2ccccc12. The van der Waals surface area contributed by atoms with E-state index in [1.165, 1.54) is 19.2 Å². The zero-order valence-electron chi connectivity index (χ0n) is 17.1. The van der Waals surface area contributed by atoms with Gasteiger partial charge in [-0.1, -0.05) is 48.5 Å².